The molecule has 0 aliphatic rings. The van der Waals surface area contributed by atoms with Crippen LogP contribution in [0, 0.1) is 0 Å². The number of aromatic nitrogens is 1. The van der Waals surface area contributed by atoms with Crippen LogP contribution in [0.15, 0.2) is 18.5 Å². The third-order valence-electron chi connectivity index (χ3n) is 2.26. The highest BCUT2D eigenvalue weighted by molar-refractivity contribution is 5.72. The summed E-state index contributed by atoms with van der Waals surface area (Å²) >= 11 is 0. The van der Waals surface area contributed by atoms with Gasteiger partial charge in [0.15, 0.2) is 0 Å². The van der Waals surface area contributed by atoms with Gasteiger partial charge < -0.3 is 20.6 Å². The standard InChI is InChI=1S/C11H16N2O4/c1-7(15)13-5-10(16)11(17)9-2-8(6-14)3-12-4-9/h2-4,10-11,14,16-17H,5-6H2,1H3,(H,13,15). The number of rotatable bonds is 5. The van der Waals surface area contributed by atoms with Crippen molar-refractivity contribution in [3.8, 4) is 0 Å². The lowest BCUT2D eigenvalue weighted by molar-refractivity contribution is -0.119. The molecule has 6 heteroatoms. The van der Waals surface area contributed by atoms with E-state index in [1.165, 1.54) is 19.3 Å². The van der Waals surface area contributed by atoms with Crippen molar-refractivity contribution in [3.05, 3.63) is 29.6 Å². The Morgan fingerprint density at radius 2 is 2.18 bits per heavy atom. The molecule has 4 N–H and O–H groups in total. The van der Waals surface area contributed by atoms with Crippen LogP contribution in [0.1, 0.15) is 24.2 Å². The van der Waals surface area contributed by atoms with Gasteiger partial charge in [0.1, 0.15) is 12.2 Å². The summed E-state index contributed by atoms with van der Waals surface area (Å²) in [5.41, 5.74) is 0.947. The average Bonchev–Trinajstić information content (AvgIpc) is 2.35. The maximum absolute atomic E-state index is 10.7. The van der Waals surface area contributed by atoms with E-state index < -0.39 is 12.2 Å². The molecular formula is C11H16N2O4. The van der Waals surface area contributed by atoms with Gasteiger partial charge in [-0.1, -0.05) is 0 Å². The number of nitrogens with one attached hydrogen (secondary N) is 1. The van der Waals surface area contributed by atoms with Crippen molar-refractivity contribution in [2.75, 3.05) is 6.54 Å². The molecule has 1 aromatic rings. The van der Waals surface area contributed by atoms with Gasteiger partial charge in [-0.2, -0.15) is 0 Å². The van der Waals surface area contributed by atoms with E-state index in [4.69, 9.17) is 5.11 Å². The van der Waals surface area contributed by atoms with Gasteiger partial charge in [0.05, 0.1) is 6.61 Å². The van der Waals surface area contributed by atoms with Crippen molar-refractivity contribution < 1.29 is 20.1 Å². The van der Waals surface area contributed by atoms with Gasteiger partial charge in [0, 0.05) is 31.4 Å². The first-order valence-corrected chi connectivity index (χ1v) is 5.20. The monoisotopic (exact) mass is 240 g/mol. The second-order valence-electron chi connectivity index (χ2n) is 3.73. The number of hydrogen-bond acceptors (Lipinski definition) is 5. The van der Waals surface area contributed by atoms with Crippen LogP contribution in [0.5, 0.6) is 0 Å². The fraction of sp³-hybridized carbons (Fsp3) is 0.455. The Morgan fingerprint density at radius 3 is 2.76 bits per heavy atom. The van der Waals surface area contributed by atoms with Crippen LogP contribution in [0.25, 0.3) is 0 Å². The van der Waals surface area contributed by atoms with Gasteiger partial charge in [-0.3, -0.25) is 9.78 Å². The van der Waals surface area contributed by atoms with E-state index >= 15 is 0 Å². The number of aliphatic hydroxyl groups excluding tert-OH is 3. The van der Waals surface area contributed by atoms with Crippen molar-refractivity contribution in [3.63, 3.8) is 0 Å². The molecule has 0 saturated carbocycles. The largest absolute Gasteiger partial charge is 0.392 e. The highest BCUT2D eigenvalue weighted by Gasteiger charge is 2.19. The van der Waals surface area contributed by atoms with E-state index in [1.807, 2.05) is 0 Å². The van der Waals surface area contributed by atoms with E-state index in [0.717, 1.165) is 0 Å². The maximum atomic E-state index is 10.7. The van der Waals surface area contributed by atoms with E-state index in [2.05, 4.69) is 10.3 Å². The topological polar surface area (TPSA) is 103 Å². The van der Waals surface area contributed by atoms with Gasteiger partial charge in [0.2, 0.25) is 5.91 Å². The second kappa shape index (κ2) is 6.29. The fourth-order valence-electron chi connectivity index (χ4n) is 1.34. The van der Waals surface area contributed by atoms with E-state index in [1.54, 1.807) is 6.07 Å². The van der Waals surface area contributed by atoms with Gasteiger partial charge in [-0.15, -0.1) is 0 Å². The predicted molar refractivity (Wildman–Crippen MR) is 59.8 cm³/mol. The molecule has 6 nitrogen and oxygen atoms in total. The zero-order valence-electron chi connectivity index (χ0n) is 9.50. The van der Waals surface area contributed by atoms with E-state index in [0.29, 0.717) is 11.1 Å². The van der Waals surface area contributed by atoms with Crippen LogP contribution in [-0.4, -0.2) is 38.9 Å². The highest BCUT2D eigenvalue weighted by atomic mass is 16.3. The van der Waals surface area contributed by atoms with Gasteiger partial charge >= 0.3 is 0 Å². The van der Waals surface area contributed by atoms with Crippen molar-refractivity contribution in [2.45, 2.75) is 25.7 Å². The quantitative estimate of drug-likeness (QED) is 0.534. The molecule has 0 fully saturated rings. The number of carbonyl (C=O) groups excluding carboxylic acids is 1. The molecule has 94 valence electrons. The number of nitrogens with zero attached hydrogens (tertiary/aromatic N) is 1. The van der Waals surface area contributed by atoms with Crippen molar-refractivity contribution in [1.29, 1.82) is 0 Å². The van der Waals surface area contributed by atoms with Crippen LogP contribution in [0.4, 0.5) is 0 Å². The number of aliphatic hydroxyl groups is 3. The Morgan fingerprint density at radius 1 is 1.47 bits per heavy atom. The lowest BCUT2D eigenvalue weighted by atomic mass is 10.0. The lowest BCUT2D eigenvalue weighted by Gasteiger charge is -2.18. The number of amides is 1. The average molecular weight is 240 g/mol. The first kappa shape index (κ1) is 13.6. The molecule has 0 saturated heterocycles. The Balaban J connectivity index is 2.66. The molecular weight excluding hydrogens is 224 g/mol. The molecule has 17 heavy (non-hydrogen) atoms. The molecule has 1 aromatic heterocycles. The first-order valence-electron chi connectivity index (χ1n) is 5.20. The molecule has 1 heterocycles. The molecule has 1 rings (SSSR count). The molecule has 1 amide bonds. The minimum absolute atomic E-state index is 0.0418. The SMILES string of the molecule is CC(=O)NCC(O)C(O)c1cncc(CO)c1. The number of carbonyl (C=O) groups is 1. The zero-order chi connectivity index (χ0) is 12.8. The number of hydrogen-bond donors (Lipinski definition) is 4. The molecule has 2 unspecified atom stereocenters. The molecule has 0 aliphatic carbocycles. The van der Waals surface area contributed by atoms with Crippen LogP contribution < -0.4 is 5.32 Å². The van der Waals surface area contributed by atoms with Crippen LogP contribution in [-0.2, 0) is 11.4 Å². The predicted octanol–water partition coefficient (Wildman–Crippen LogP) is -0.896. The Kier molecular flexibility index (Phi) is 5.02. The smallest absolute Gasteiger partial charge is 0.216 e. The van der Waals surface area contributed by atoms with Gasteiger partial charge in [-0.25, -0.2) is 0 Å². The highest BCUT2D eigenvalue weighted by Crippen LogP contribution is 2.16. The molecule has 0 radical (unpaired) electrons. The molecule has 0 aromatic carbocycles. The first-order chi connectivity index (χ1) is 8.04. The third kappa shape index (κ3) is 4.10. The summed E-state index contributed by atoms with van der Waals surface area (Å²) < 4.78 is 0. The minimum atomic E-state index is -1.15. The van der Waals surface area contributed by atoms with Crippen molar-refractivity contribution in [2.24, 2.45) is 0 Å². The van der Waals surface area contributed by atoms with Crippen LogP contribution in [0.2, 0.25) is 0 Å². The van der Waals surface area contributed by atoms with Crippen molar-refractivity contribution >= 4 is 5.91 Å². The summed E-state index contributed by atoms with van der Waals surface area (Å²) in [6.07, 6.45) is 0.604. The maximum Gasteiger partial charge on any atom is 0.216 e. The van der Waals surface area contributed by atoms with E-state index in [-0.39, 0.29) is 19.1 Å². The van der Waals surface area contributed by atoms with Gasteiger partial charge in [0.25, 0.3) is 0 Å². The molecule has 0 spiro atoms. The Bertz CT molecular complexity index is 383. The summed E-state index contributed by atoms with van der Waals surface area (Å²) in [6, 6.07) is 1.55. The summed E-state index contributed by atoms with van der Waals surface area (Å²) in [6.45, 7) is 1.10. The Hall–Kier alpha value is -1.50. The van der Waals surface area contributed by atoms with Crippen molar-refractivity contribution in [1.82, 2.24) is 10.3 Å². The summed E-state index contributed by atoms with van der Waals surface area (Å²) in [5.74, 6) is -0.279. The zero-order valence-corrected chi connectivity index (χ0v) is 9.50. The molecule has 0 bridgehead atoms. The normalized spacial score (nSPS) is 14.1. The van der Waals surface area contributed by atoms with Crippen LogP contribution >= 0.6 is 0 Å². The third-order valence-corrected chi connectivity index (χ3v) is 2.26. The Labute approximate surface area is 98.9 Å². The minimum Gasteiger partial charge on any atom is -0.392 e. The van der Waals surface area contributed by atoms with Gasteiger partial charge in [-0.05, 0) is 11.6 Å². The summed E-state index contributed by atoms with van der Waals surface area (Å²) in [7, 11) is 0. The van der Waals surface area contributed by atoms with E-state index in [9.17, 15) is 15.0 Å². The lowest BCUT2D eigenvalue weighted by Crippen LogP contribution is -2.34. The summed E-state index contributed by atoms with van der Waals surface area (Å²) in [5, 5.41) is 30.8. The number of pyridine rings is 1. The summed E-state index contributed by atoms with van der Waals surface area (Å²) in [4.78, 5) is 14.5. The van der Waals surface area contributed by atoms with Crippen LogP contribution in [0.3, 0.4) is 0 Å². The molecule has 2 atom stereocenters. The molecule has 0 aliphatic heterocycles. The second-order valence-corrected chi connectivity index (χ2v) is 3.73. The fourth-order valence-corrected chi connectivity index (χ4v) is 1.34.